The number of quaternary nitrogens is 1. The summed E-state index contributed by atoms with van der Waals surface area (Å²) in [5, 5.41) is 11.7. The van der Waals surface area contributed by atoms with Crippen molar-refractivity contribution in [2.45, 2.75) is 270 Å². The van der Waals surface area contributed by atoms with Gasteiger partial charge in [0, 0.05) is 12.8 Å². The summed E-state index contributed by atoms with van der Waals surface area (Å²) >= 11 is 0. The van der Waals surface area contributed by atoms with E-state index in [1.165, 1.54) is 161 Å². The van der Waals surface area contributed by atoms with Crippen molar-refractivity contribution in [3.8, 4) is 0 Å². The molecule has 0 aliphatic rings. The Labute approximate surface area is 437 Å². The van der Waals surface area contributed by atoms with E-state index in [0.29, 0.717) is 23.9 Å². The molecule has 0 N–H and O–H groups in total. The van der Waals surface area contributed by atoms with E-state index in [2.05, 4.69) is 74.6 Å². The van der Waals surface area contributed by atoms with E-state index in [-0.39, 0.29) is 32.2 Å². The van der Waals surface area contributed by atoms with Crippen molar-refractivity contribution in [3.05, 3.63) is 60.8 Å². The van der Waals surface area contributed by atoms with Gasteiger partial charge >= 0.3 is 11.9 Å². The Morgan fingerprint density at radius 2 is 0.803 bits per heavy atom. The molecule has 9 heteroatoms. The molecule has 0 aromatic rings. The van der Waals surface area contributed by atoms with Gasteiger partial charge in [0.1, 0.15) is 13.2 Å². The number of unbranched alkanes of at least 4 members (excludes halogenated alkanes) is 29. The highest BCUT2D eigenvalue weighted by Crippen LogP contribution is 2.17. The molecule has 9 nitrogen and oxygen atoms in total. The SMILES string of the molecule is CC/C=C\C/C=C\C/C=C\C/C=C\C/C=C\CCCCCCCCCCCCCCCCCCCCCCCCCC(=O)OC(COC(=O)CCCCCCCCC)COC(OCC[N+](C)(C)C)C(=O)[O-]. The number of carboxylic acids is 1. The number of ether oxygens (including phenoxy) is 4. The Hall–Kier alpha value is -3.01. The number of allylic oxidation sites excluding steroid dienone is 10. The molecule has 0 bridgehead atoms. The summed E-state index contributed by atoms with van der Waals surface area (Å²) in [5.41, 5.74) is 0. The summed E-state index contributed by atoms with van der Waals surface area (Å²) in [4.78, 5) is 36.9. The molecule has 0 amide bonds. The van der Waals surface area contributed by atoms with E-state index in [0.717, 1.165) is 64.2 Å². The second-order valence-corrected chi connectivity index (χ2v) is 20.9. The molecule has 0 aromatic carbocycles. The van der Waals surface area contributed by atoms with Crippen molar-refractivity contribution in [2.24, 2.45) is 0 Å². The number of hydrogen-bond acceptors (Lipinski definition) is 8. The summed E-state index contributed by atoms with van der Waals surface area (Å²) in [5.74, 6) is -2.28. The molecule has 0 radical (unpaired) electrons. The van der Waals surface area contributed by atoms with Gasteiger partial charge in [-0.1, -0.05) is 248 Å². The largest absolute Gasteiger partial charge is 0.545 e. The van der Waals surface area contributed by atoms with Gasteiger partial charge in [-0.3, -0.25) is 9.59 Å². The summed E-state index contributed by atoms with van der Waals surface area (Å²) in [7, 11) is 5.91. The molecule has 0 saturated heterocycles. The highest BCUT2D eigenvalue weighted by molar-refractivity contribution is 5.70. The Kier molecular flexibility index (Phi) is 51.0. The number of rotatable bonds is 54. The van der Waals surface area contributed by atoms with E-state index < -0.39 is 24.3 Å². The van der Waals surface area contributed by atoms with Crippen LogP contribution in [0.3, 0.4) is 0 Å². The van der Waals surface area contributed by atoms with Crippen molar-refractivity contribution in [1.82, 2.24) is 0 Å². The predicted molar refractivity (Wildman–Crippen MR) is 297 cm³/mol. The first-order valence-electron chi connectivity index (χ1n) is 29.4. The molecule has 0 spiro atoms. The van der Waals surface area contributed by atoms with E-state index in [1.807, 2.05) is 21.1 Å². The molecule has 0 saturated carbocycles. The Bertz CT molecular complexity index is 1350. The fourth-order valence-electron chi connectivity index (χ4n) is 8.27. The van der Waals surface area contributed by atoms with Crippen molar-refractivity contribution in [1.29, 1.82) is 0 Å². The maximum absolute atomic E-state index is 12.8. The van der Waals surface area contributed by atoms with Gasteiger partial charge in [0.25, 0.3) is 0 Å². The number of aliphatic carboxylic acids is 1. The lowest BCUT2D eigenvalue weighted by Gasteiger charge is -2.26. The van der Waals surface area contributed by atoms with Crippen molar-refractivity contribution in [3.63, 3.8) is 0 Å². The van der Waals surface area contributed by atoms with Gasteiger partial charge in [-0.15, -0.1) is 0 Å². The van der Waals surface area contributed by atoms with Crippen LogP contribution < -0.4 is 5.11 Å². The molecule has 0 rings (SSSR count). The molecule has 0 aromatic heterocycles. The van der Waals surface area contributed by atoms with Crippen LogP contribution in [0.4, 0.5) is 0 Å². The molecule has 71 heavy (non-hydrogen) atoms. The molecule has 0 aliphatic heterocycles. The van der Waals surface area contributed by atoms with Gasteiger partial charge in [-0.25, -0.2) is 0 Å². The normalized spacial score (nSPS) is 13.2. The van der Waals surface area contributed by atoms with Crippen LogP contribution in [0.1, 0.15) is 258 Å². The fourth-order valence-corrected chi connectivity index (χ4v) is 8.27. The molecule has 0 fully saturated rings. The van der Waals surface area contributed by atoms with E-state index in [4.69, 9.17) is 18.9 Å². The van der Waals surface area contributed by atoms with Crippen LogP contribution in [0.25, 0.3) is 0 Å². The van der Waals surface area contributed by atoms with Crippen LogP contribution in [0.2, 0.25) is 0 Å². The zero-order valence-corrected chi connectivity index (χ0v) is 46.8. The number of esters is 2. The lowest BCUT2D eigenvalue weighted by molar-refractivity contribution is -0.870. The lowest BCUT2D eigenvalue weighted by atomic mass is 10.0. The fraction of sp³-hybridized carbons (Fsp3) is 0.790. The first-order valence-corrected chi connectivity index (χ1v) is 29.4. The topological polar surface area (TPSA) is 111 Å². The zero-order valence-electron chi connectivity index (χ0n) is 46.8. The van der Waals surface area contributed by atoms with Gasteiger partial charge in [0.05, 0.1) is 40.3 Å². The Morgan fingerprint density at radius 1 is 0.437 bits per heavy atom. The van der Waals surface area contributed by atoms with Crippen LogP contribution in [0, 0.1) is 0 Å². The maximum atomic E-state index is 12.8. The van der Waals surface area contributed by atoms with Gasteiger partial charge in [0.2, 0.25) is 0 Å². The number of hydrogen-bond donors (Lipinski definition) is 0. The Balaban J connectivity index is 3.85. The van der Waals surface area contributed by atoms with Crippen LogP contribution in [-0.2, 0) is 33.3 Å². The third kappa shape index (κ3) is 54.6. The number of carbonyl (C=O) groups is 3. The quantitative estimate of drug-likeness (QED) is 0.0195. The van der Waals surface area contributed by atoms with Crippen molar-refractivity contribution < 1.29 is 42.9 Å². The van der Waals surface area contributed by atoms with Crippen LogP contribution >= 0.6 is 0 Å². The second kappa shape index (κ2) is 53.3. The van der Waals surface area contributed by atoms with Crippen LogP contribution in [0.5, 0.6) is 0 Å². The Morgan fingerprint density at radius 3 is 1.20 bits per heavy atom. The summed E-state index contributed by atoms with van der Waals surface area (Å²) in [6.45, 7) is 4.60. The van der Waals surface area contributed by atoms with E-state index in [9.17, 15) is 19.5 Å². The third-order valence-corrected chi connectivity index (χ3v) is 12.8. The summed E-state index contributed by atoms with van der Waals surface area (Å²) < 4.78 is 22.5. The summed E-state index contributed by atoms with van der Waals surface area (Å²) in [6.07, 6.45) is 64.8. The van der Waals surface area contributed by atoms with Gasteiger partial charge in [-0.2, -0.15) is 0 Å². The first kappa shape index (κ1) is 68.0. The minimum Gasteiger partial charge on any atom is -0.545 e. The van der Waals surface area contributed by atoms with Crippen molar-refractivity contribution in [2.75, 3.05) is 47.5 Å². The minimum atomic E-state index is -1.62. The van der Waals surface area contributed by atoms with Crippen molar-refractivity contribution >= 4 is 17.9 Å². The molecule has 412 valence electrons. The maximum Gasteiger partial charge on any atom is 0.306 e. The van der Waals surface area contributed by atoms with E-state index in [1.54, 1.807) is 0 Å². The lowest BCUT2D eigenvalue weighted by Crippen LogP contribution is -2.44. The molecule has 2 unspecified atom stereocenters. The first-order chi connectivity index (χ1) is 34.6. The second-order valence-electron chi connectivity index (χ2n) is 20.9. The number of nitrogens with zero attached hydrogens (tertiary/aromatic N) is 1. The molecule has 0 aliphatic carbocycles. The van der Waals surface area contributed by atoms with Crippen LogP contribution in [0.15, 0.2) is 60.8 Å². The zero-order chi connectivity index (χ0) is 52.0. The number of likely N-dealkylation sites (N-methyl/N-ethyl adjacent to an activating group) is 1. The highest BCUT2D eigenvalue weighted by atomic mass is 16.7. The number of carbonyl (C=O) groups excluding carboxylic acids is 3. The summed E-state index contributed by atoms with van der Waals surface area (Å²) in [6, 6.07) is 0. The molecule has 0 heterocycles. The average Bonchev–Trinajstić information content (AvgIpc) is 3.34. The van der Waals surface area contributed by atoms with E-state index >= 15 is 0 Å². The highest BCUT2D eigenvalue weighted by Gasteiger charge is 2.22. The monoisotopic (exact) mass is 998 g/mol. The number of carboxylic acid groups (broad SMARTS) is 1. The predicted octanol–water partition coefficient (Wildman–Crippen LogP) is 15.9. The van der Waals surface area contributed by atoms with Gasteiger partial charge in [0.15, 0.2) is 12.4 Å². The molecular formula is C62H111NO8. The van der Waals surface area contributed by atoms with Gasteiger partial charge < -0.3 is 33.3 Å². The standard InChI is InChI=1S/C62H111NO8/c1-6-8-10-12-14-15-16-17-18-19-20-21-22-23-24-25-26-27-28-29-30-31-32-33-34-35-36-37-38-39-40-41-42-43-44-45-47-49-51-53-60(65)71-58(56-69-59(64)52-50-48-46-13-11-9-7-2)57-70-62(61(66)67)68-55-54-63(3,4)5/h8,10,14-15,17-18,20-21,23-24,58,62H,6-7,9,11-13,16,19,22,25-57H2,1-5H3/b10-8-,15-14-,18-17-,21-20-,24-23-. The molecule has 2 atom stereocenters. The molecular weight excluding hydrogens is 887 g/mol. The third-order valence-electron chi connectivity index (χ3n) is 12.8. The van der Waals surface area contributed by atoms with Crippen LogP contribution in [-0.4, -0.2) is 82.3 Å². The smallest absolute Gasteiger partial charge is 0.306 e. The average molecular weight is 999 g/mol. The minimum absolute atomic E-state index is 0.149. The van der Waals surface area contributed by atoms with Gasteiger partial charge in [-0.05, 0) is 57.8 Å².